The summed E-state index contributed by atoms with van der Waals surface area (Å²) < 4.78 is 5.70. The van der Waals surface area contributed by atoms with E-state index in [1.807, 2.05) is 19.1 Å². The van der Waals surface area contributed by atoms with Gasteiger partial charge in [-0.05, 0) is 29.8 Å². The van der Waals surface area contributed by atoms with E-state index >= 15 is 0 Å². The van der Waals surface area contributed by atoms with Crippen molar-refractivity contribution in [3.63, 3.8) is 0 Å². The zero-order chi connectivity index (χ0) is 18.7. The highest BCUT2D eigenvalue weighted by molar-refractivity contribution is 9.10. The number of esters is 1. The van der Waals surface area contributed by atoms with Crippen LogP contribution in [0.5, 0.6) is 0 Å². The summed E-state index contributed by atoms with van der Waals surface area (Å²) in [6.45, 7) is 3.64. The smallest absolute Gasteiger partial charge is 0.302 e. The number of nitrogens with zero attached hydrogens (tertiary/aromatic N) is 4. The maximum absolute atomic E-state index is 12.7. The predicted octanol–water partition coefficient (Wildman–Crippen LogP) is 2.53. The average Bonchev–Trinajstić information content (AvgIpc) is 3.20. The minimum Gasteiger partial charge on any atom is -0.464 e. The van der Waals surface area contributed by atoms with Crippen molar-refractivity contribution >= 4 is 27.7 Å². The van der Waals surface area contributed by atoms with E-state index in [9.17, 15) is 9.59 Å². The van der Waals surface area contributed by atoms with Crippen molar-refractivity contribution in [1.82, 2.24) is 25.2 Å². The summed E-state index contributed by atoms with van der Waals surface area (Å²) in [6, 6.07) is 7.22. The molecule has 26 heavy (non-hydrogen) atoms. The minimum atomic E-state index is -0.360. The maximum atomic E-state index is 12.7. The highest BCUT2D eigenvalue weighted by atomic mass is 79.9. The van der Waals surface area contributed by atoms with Crippen molar-refractivity contribution in [1.29, 1.82) is 0 Å². The molecule has 0 unspecified atom stereocenters. The van der Waals surface area contributed by atoms with Crippen LogP contribution in [0, 0.1) is 6.92 Å². The van der Waals surface area contributed by atoms with Gasteiger partial charge in [-0.1, -0.05) is 28.1 Å². The van der Waals surface area contributed by atoms with Gasteiger partial charge in [0.25, 0.3) is 0 Å². The lowest BCUT2D eigenvalue weighted by molar-refractivity contribution is -0.141. The number of tetrazole rings is 1. The number of hydrogen-bond donors (Lipinski definition) is 1. The van der Waals surface area contributed by atoms with Crippen molar-refractivity contribution in [2.75, 3.05) is 6.61 Å². The van der Waals surface area contributed by atoms with E-state index in [2.05, 4.69) is 36.3 Å². The monoisotopic (exact) mass is 417 g/mol. The van der Waals surface area contributed by atoms with Crippen LogP contribution in [0.25, 0.3) is 11.5 Å². The summed E-state index contributed by atoms with van der Waals surface area (Å²) in [5.74, 6) is -0.0755. The summed E-state index contributed by atoms with van der Waals surface area (Å²) in [5.41, 5.74) is 2.51. The molecule has 0 atom stereocenters. The Bertz CT molecular complexity index is 963. The second-order valence-corrected chi connectivity index (χ2v) is 6.51. The largest absolute Gasteiger partial charge is 0.464 e. The van der Waals surface area contributed by atoms with E-state index in [1.54, 1.807) is 18.3 Å². The molecule has 0 aliphatic rings. The molecular weight excluding hydrogens is 402 g/mol. The molecular formula is C17H16BrN5O3. The third-order valence-electron chi connectivity index (χ3n) is 3.74. The summed E-state index contributed by atoms with van der Waals surface area (Å²) in [5, 5.41) is 12.2. The van der Waals surface area contributed by atoms with Crippen LogP contribution in [0.15, 0.2) is 34.9 Å². The normalized spacial score (nSPS) is 10.7. The molecule has 9 heteroatoms. The molecule has 0 saturated heterocycles. The Morgan fingerprint density at radius 2 is 2.15 bits per heavy atom. The second kappa shape index (κ2) is 7.61. The van der Waals surface area contributed by atoms with Gasteiger partial charge in [0.15, 0.2) is 5.78 Å². The fraction of sp³-hybridized carbons (Fsp3) is 0.235. The molecule has 134 valence electrons. The molecule has 0 spiro atoms. The first-order chi connectivity index (χ1) is 12.5. The summed E-state index contributed by atoms with van der Waals surface area (Å²) in [4.78, 5) is 27.9. The van der Waals surface area contributed by atoms with Crippen LogP contribution in [0.3, 0.4) is 0 Å². The Labute approximate surface area is 157 Å². The number of ether oxygens (including phenoxy) is 1. The third-order valence-corrected chi connectivity index (χ3v) is 4.24. The van der Waals surface area contributed by atoms with Gasteiger partial charge < -0.3 is 9.72 Å². The van der Waals surface area contributed by atoms with Crippen LogP contribution in [-0.2, 0) is 16.1 Å². The van der Waals surface area contributed by atoms with Crippen LogP contribution in [0.4, 0.5) is 0 Å². The summed E-state index contributed by atoms with van der Waals surface area (Å²) in [7, 11) is 0. The van der Waals surface area contributed by atoms with Crippen molar-refractivity contribution in [2.24, 2.45) is 0 Å². The zero-order valence-corrected chi connectivity index (χ0v) is 15.8. The van der Waals surface area contributed by atoms with Crippen molar-refractivity contribution in [3.8, 4) is 11.5 Å². The number of nitrogens with one attached hydrogen (secondary N) is 1. The quantitative estimate of drug-likeness (QED) is 0.488. The van der Waals surface area contributed by atoms with E-state index in [4.69, 9.17) is 4.74 Å². The van der Waals surface area contributed by atoms with Gasteiger partial charge >= 0.3 is 5.97 Å². The topological polar surface area (TPSA) is 103 Å². The molecule has 3 aromatic rings. The van der Waals surface area contributed by atoms with E-state index in [-0.39, 0.29) is 18.4 Å². The first-order valence-electron chi connectivity index (χ1n) is 7.85. The Morgan fingerprint density at radius 1 is 1.35 bits per heavy atom. The van der Waals surface area contributed by atoms with E-state index in [0.29, 0.717) is 29.2 Å². The molecule has 0 radical (unpaired) electrons. The van der Waals surface area contributed by atoms with Crippen LogP contribution in [0.1, 0.15) is 28.4 Å². The lowest BCUT2D eigenvalue weighted by atomic mass is 10.0. The lowest BCUT2D eigenvalue weighted by Crippen LogP contribution is -2.11. The Kier molecular flexibility index (Phi) is 5.27. The number of carbonyl (C=O) groups is 2. The highest BCUT2D eigenvalue weighted by Gasteiger charge is 2.19. The van der Waals surface area contributed by atoms with Crippen LogP contribution in [0.2, 0.25) is 0 Å². The van der Waals surface area contributed by atoms with Gasteiger partial charge in [0, 0.05) is 28.7 Å². The lowest BCUT2D eigenvalue weighted by Gasteiger charge is -2.01. The number of ketones is 1. The van der Waals surface area contributed by atoms with Crippen molar-refractivity contribution < 1.29 is 14.3 Å². The van der Waals surface area contributed by atoms with E-state index in [1.165, 1.54) is 11.7 Å². The van der Waals surface area contributed by atoms with Gasteiger partial charge in [-0.2, -0.15) is 4.80 Å². The molecule has 2 aromatic heterocycles. The Morgan fingerprint density at radius 3 is 2.88 bits per heavy atom. The first-order valence-corrected chi connectivity index (χ1v) is 8.65. The van der Waals surface area contributed by atoms with Crippen LogP contribution >= 0.6 is 15.9 Å². The minimum absolute atomic E-state index is 0.0893. The number of carbonyl (C=O) groups excluding carboxylic acids is 2. The van der Waals surface area contributed by atoms with Gasteiger partial charge in [0.1, 0.15) is 6.61 Å². The summed E-state index contributed by atoms with van der Waals surface area (Å²) in [6.07, 6.45) is 1.65. The number of aromatic amines is 1. The van der Waals surface area contributed by atoms with Crippen LogP contribution in [-0.4, -0.2) is 43.6 Å². The molecule has 3 rings (SSSR count). The van der Waals surface area contributed by atoms with Gasteiger partial charge in [-0.25, -0.2) is 0 Å². The Hall–Kier alpha value is -2.81. The standard InChI is InChI=1S/C17H16BrN5O3/c1-10-14(16(25)12-4-3-5-13(18)8-12)9-19-15(10)17-20-22-23(21-17)6-7-26-11(2)24/h3-5,8-9,19H,6-7H2,1-2H3. The number of rotatable bonds is 6. The highest BCUT2D eigenvalue weighted by Crippen LogP contribution is 2.24. The molecule has 1 aromatic carbocycles. The van der Waals surface area contributed by atoms with E-state index in [0.717, 1.165) is 10.0 Å². The number of halogens is 1. The number of benzene rings is 1. The molecule has 0 saturated carbocycles. The molecule has 0 fully saturated rings. The Balaban J connectivity index is 1.80. The number of H-pyrrole nitrogens is 1. The number of aromatic nitrogens is 5. The fourth-order valence-corrected chi connectivity index (χ4v) is 2.86. The van der Waals surface area contributed by atoms with Crippen molar-refractivity contribution in [2.45, 2.75) is 20.4 Å². The molecule has 2 heterocycles. The molecule has 0 aliphatic heterocycles. The van der Waals surface area contributed by atoms with Crippen LogP contribution < -0.4 is 0 Å². The molecule has 0 bridgehead atoms. The summed E-state index contributed by atoms with van der Waals surface area (Å²) >= 11 is 3.37. The SMILES string of the molecule is CC(=O)OCCn1nnc(-c2[nH]cc(C(=O)c3cccc(Br)c3)c2C)n1. The van der Waals surface area contributed by atoms with Gasteiger partial charge in [-0.3, -0.25) is 9.59 Å². The van der Waals surface area contributed by atoms with Gasteiger partial charge in [0.05, 0.1) is 12.2 Å². The molecule has 1 N–H and O–H groups in total. The molecule has 0 aliphatic carbocycles. The second-order valence-electron chi connectivity index (χ2n) is 5.59. The van der Waals surface area contributed by atoms with Crippen molar-refractivity contribution in [3.05, 3.63) is 51.6 Å². The average molecular weight is 418 g/mol. The zero-order valence-electron chi connectivity index (χ0n) is 14.2. The first kappa shape index (κ1) is 18.0. The van der Waals surface area contributed by atoms with Gasteiger partial charge in [-0.15, -0.1) is 10.2 Å². The number of hydrogen-bond acceptors (Lipinski definition) is 6. The molecule has 0 amide bonds. The fourth-order valence-electron chi connectivity index (χ4n) is 2.46. The predicted molar refractivity (Wildman–Crippen MR) is 96.5 cm³/mol. The maximum Gasteiger partial charge on any atom is 0.302 e. The van der Waals surface area contributed by atoms with Gasteiger partial charge in [0.2, 0.25) is 5.82 Å². The van der Waals surface area contributed by atoms with E-state index < -0.39 is 0 Å². The third kappa shape index (κ3) is 3.88. The molecule has 8 nitrogen and oxygen atoms in total.